The van der Waals surface area contributed by atoms with Gasteiger partial charge in [-0.3, -0.25) is 0 Å². The first-order chi connectivity index (χ1) is 0. The van der Waals surface area contributed by atoms with Crippen LogP contribution in [0.4, 0.5) is 0 Å². The van der Waals surface area contributed by atoms with E-state index < -0.39 is 0 Å². The predicted octanol–water partition coefficient (Wildman–Crippen LogP) is -2.80. The van der Waals surface area contributed by atoms with Crippen molar-refractivity contribution in [3.8, 4) is 0 Å². The van der Waals surface area contributed by atoms with Crippen molar-refractivity contribution in [1.82, 2.24) is 0 Å². The van der Waals surface area contributed by atoms with Gasteiger partial charge in [-0.05, 0) is 11.0 Å². The molecule has 0 aromatic heterocycles. The maximum Gasteiger partial charge on any atom is 2.00 e. The molecule has 27 valence electrons. The van der Waals surface area contributed by atoms with Gasteiger partial charge in [0.1, 0.15) is 0 Å². The summed E-state index contributed by atoms with van der Waals surface area (Å²) in [4.78, 5) is 0. The second-order valence-electron chi connectivity index (χ2n) is 0. The summed E-state index contributed by atoms with van der Waals surface area (Å²) in [5.74, 6) is 0. The molecule has 5 heavy (non-hydrogen) atoms. The fraction of sp³-hybridized carbons (Fsp3) is 0. The molecule has 0 aliphatic rings. The molecule has 0 heterocycles. The van der Waals surface area contributed by atoms with E-state index in [0.29, 0.717) is 0 Å². The van der Waals surface area contributed by atoms with Gasteiger partial charge in [-0.2, -0.15) is 0 Å². The van der Waals surface area contributed by atoms with Gasteiger partial charge in [-0.1, -0.05) is 0 Å². The maximum absolute atomic E-state index is 0. The fourth-order valence-electron chi connectivity index (χ4n) is 0. The second-order valence-corrected chi connectivity index (χ2v) is 0. The third-order valence-corrected chi connectivity index (χ3v) is 0. The molecule has 0 aromatic rings. The van der Waals surface area contributed by atoms with Crippen molar-refractivity contribution in [2.45, 2.75) is 0 Å². The van der Waals surface area contributed by atoms with Gasteiger partial charge in [0.15, 0.2) is 17.4 Å². The molecule has 0 nitrogen and oxygen atoms in total. The third kappa shape index (κ3) is 19.1. The standard InChI is InChI=1S/Al.Cr.Mg.H4Si.Y.5H/h;;;1H4;;;;;;/q;;+2;;;;;;2*-1. The Morgan fingerprint density at radius 3 is 1.20 bits per heavy atom. The van der Waals surface area contributed by atoms with E-state index in [2.05, 4.69) is 0 Å². The topological polar surface area (TPSA) is 0 Å². The van der Waals surface area contributed by atoms with Gasteiger partial charge < -0.3 is 2.85 Å². The Hall–Kier alpha value is 3.15. The Morgan fingerprint density at radius 2 is 1.20 bits per heavy atom. The van der Waals surface area contributed by atoms with E-state index in [4.69, 9.17) is 0 Å². The van der Waals surface area contributed by atoms with Crippen LogP contribution in [0.25, 0.3) is 0 Å². The number of hydrogen-bond acceptors (Lipinski definition) is 0. The van der Waals surface area contributed by atoms with Gasteiger partial charge in [0.05, 0.1) is 0 Å². The first kappa shape index (κ1) is 42.0. The van der Waals surface area contributed by atoms with Crippen LogP contribution in [-0.4, -0.2) is 51.4 Å². The minimum atomic E-state index is 0. The molecular formula is H9AlCrMgSiY. The average Bonchev–Trinajstić information content (AvgIpc) is 0. The van der Waals surface area contributed by atoms with Crippen LogP contribution < -0.4 is 0 Å². The quantitative estimate of drug-likeness (QED) is 0.394. The van der Waals surface area contributed by atoms with Gasteiger partial charge in [-0.15, -0.1) is 0 Å². The normalized spacial score (nSPS) is 0. The SMILES string of the molecule is [AlH3].[Cr].[H-].[H-].[Mg+2].[SiH4].[Y]. The molecule has 0 aromatic carbocycles. The molecule has 0 aliphatic carbocycles. The Balaban J connectivity index is 0. The van der Waals surface area contributed by atoms with Gasteiger partial charge in [0.2, 0.25) is 0 Å². The first-order valence-electron chi connectivity index (χ1n) is 0. The molecule has 0 saturated heterocycles. The Morgan fingerprint density at radius 1 is 1.20 bits per heavy atom. The molecular weight excluding hydrogens is 220 g/mol. The molecule has 1 radical (unpaired) electrons. The van der Waals surface area contributed by atoms with E-state index >= 15 is 0 Å². The van der Waals surface area contributed by atoms with Gasteiger partial charge in [0, 0.05) is 50.1 Å². The average molecular weight is 229 g/mol. The zero-order chi connectivity index (χ0) is 0. The summed E-state index contributed by atoms with van der Waals surface area (Å²) in [5.41, 5.74) is 0. The smallest absolute Gasteiger partial charge is 1.00 e. The molecule has 0 fully saturated rings. The minimum absolute atomic E-state index is 0. The van der Waals surface area contributed by atoms with Crippen LogP contribution in [0, 0.1) is 0 Å². The van der Waals surface area contributed by atoms with Gasteiger partial charge in [-0.25, -0.2) is 0 Å². The Labute approximate surface area is 103 Å². The molecule has 0 unspecified atom stereocenters. The van der Waals surface area contributed by atoms with Crippen LogP contribution in [-0.2, 0) is 50.1 Å². The summed E-state index contributed by atoms with van der Waals surface area (Å²) < 4.78 is 0. The molecule has 5 heteroatoms. The van der Waals surface area contributed by atoms with E-state index in [1.807, 2.05) is 0 Å². The number of rotatable bonds is 0. The predicted molar refractivity (Wildman–Crippen MR) is 29.3 cm³/mol. The minimum Gasteiger partial charge on any atom is -1.00 e. The van der Waals surface area contributed by atoms with Crippen LogP contribution in [0.3, 0.4) is 0 Å². The van der Waals surface area contributed by atoms with Crippen molar-refractivity contribution in [2.75, 3.05) is 0 Å². The molecule has 0 rings (SSSR count). The van der Waals surface area contributed by atoms with Crippen LogP contribution in [0.1, 0.15) is 2.85 Å². The largest absolute Gasteiger partial charge is 2.00 e. The van der Waals surface area contributed by atoms with E-state index in [9.17, 15) is 0 Å². The van der Waals surface area contributed by atoms with Gasteiger partial charge in [0.25, 0.3) is 0 Å². The molecule has 0 atom stereocenters. The van der Waals surface area contributed by atoms with Crippen molar-refractivity contribution in [3.63, 3.8) is 0 Å². The number of hydrogen-bond donors (Lipinski definition) is 0. The summed E-state index contributed by atoms with van der Waals surface area (Å²) in [6.07, 6.45) is 0. The molecule has 0 aliphatic heterocycles. The van der Waals surface area contributed by atoms with Crippen LogP contribution in [0.2, 0.25) is 0 Å². The van der Waals surface area contributed by atoms with Crippen molar-refractivity contribution >= 4 is 51.4 Å². The van der Waals surface area contributed by atoms with Crippen LogP contribution >= 0.6 is 0 Å². The van der Waals surface area contributed by atoms with E-state index in [1.54, 1.807) is 0 Å². The van der Waals surface area contributed by atoms with E-state index in [0.717, 1.165) is 0 Å². The summed E-state index contributed by atoms with van der Waals surface area (Å²) in [7, 11) is 0. The summed E-state index contributed by atoms with van der Waals surface area (Å²) in [6.45, 7) is 0. The molecule has 0 amide bonds. The van der Waals surface area contributed by atoms with E-state index in [-0.39, 0.29) is 104 Å². The monoisotopic (exact) mass is 229 g/mol. The molecule has 0 N–H and O–H groups in total. The Bertz CT molecular complexity index is 17.7. The van der Waals surface area contributed by atoms with Crippen molar-refractivity contribution in [3.05, 3.63) is 0 Å². The summed E-state index contributed by atoms with van der Waals surface area (Å²) >= 11 is 0. The molecule has 0 spiro atoms. The molecule has 0 bridgehead atoms. The Kier molecular flexibility index (Phi) is 229. The first-order valence-corrected chi connectivity index (χ1v) is 0. The third-order valence-electron chi connectivity index (χ3n) is 0. The van der Waals surface area contributed by atoms with Crippen LogP contribution in [0.15, 0.2) is 0 Å². The van der Waals surface area contributed by atoms with Crippen molar-refractivity contribution < 1.29 is 52.9 Å². The molecule has 0 saturated carbocycles. The second kappa shape index (κ2) is 27.2. The zero-order valence-corrected chi connectivity index (χ0v) is 7.22. The van der Waals surface area contributed by atoms with E-state index in [1.165, 1.54) is 0 Å². The summed E-state index contributed by atoms with van der Waals surface area (Å²) in [5, 5.41) is 0. The fourth-order valence-corrected chi connectivity index (χ4v) is 0. The maximum atomic E-state index is 0. The summed E-state index contributed by atoms with van der Waals surface area (Å²) in [6, 6.07) is 0. The zero-order valence-electron chi connectivity index (χ0n) is 3.69. The van der Waals surface area contributed by atoms with Crippen molar-refractivity contribution in [1.29, 1.82) is 0 Å². The van der Waals surface area contributed by atoms with Crippen molar-refractivity contribution in [2.24, 2.45) is 0 Å². The van der Waals surface area contributed by atoms with Gasteiger partial charge >= 0.3 is 23.1 Å². The van der Waals surface area contributed by atoms with Crippen LogP contribution in [0.5, 0.6) is 0 Å².